The molecule has 0 N–H and O–H groups in total. The molecule has 1 aromatic heterocycles. The standard InChI is InChI=1S/C19H26N4O/c1-19(2)14-24-10-9-23(19)18-20-12-16-11-15(5-6-17(16)21-18)13-22-7-3-4-8-22/h5-6,11-12H,3-4,7-10,13-14H2,1-2H3. The zero-order valence-electron chi connectivity index (χ0n) is 14.7. The first-order valence-corrected chi connectivity index (χ1v) is 8.95. The lowest BCUT2D eigenvalue weighted by Crippen LogP contribution is -2.53. The summed E-state index contributed by atoms with van der Waals surface area (Å²) in [6.45, 7) is 10.1. The molecule has 2 aliphatic heterocycles. The Morgan fingerprint density at radius 1 is 1.17 bits per heavy atom. The van der Waals surface area contributed by atoms with Gasteiger partial charge in [0.25, 0.3) is 0 Å². The average Bonchev–Trinajstić information content (AvgIpc) is 3.07. The largest absolute Gasteiger partial charge is 0.377 e. The van der Waals surface area contributed by atoms with Gasteiger partial charge in [-0.2, -0.15) is 0 Å². The molecule has 2 fully saturated rings. The van der Waals surface area contributed by atoms with E-state index in [0.29, 0.717) is 6.61 Å². The van der Waals surface area contributed by atoms with E-state index in [0.717, 1.165) is 36.5 Å². The maximum Gasteiger partial charge on any atom is 0.226 e. The zero-order valence-corrected chi connectivity index (χ0v) is 14.7. The van der Waals surface area contributed by atoms with Crippen molar-refractivity contribution in [3.8, 4) is 0 Å². The molecule has 4 rings (SSSR count). The van der Waals surface area contributed by atoms with Crippen molar-refractivity contribution in [2.75, 3.05) is 37.7 Å². The molecule has 0 atom stereocenters. The Hall–Kier alpha value is -1.72. The van der Waals surface area contributed by atoms with Gasteiger partial charge < -0.3 is 9.64 Å². The molecular formula is C19H26N4O. The van der Waals surface area contributed by atoms with Crippen LogP contribution in [-0.4, -0.2) is 53.3 Å². The van der Waals surface area contributed by atoms with Crippen molar-refractivity contribution >= 4 is 16.9 Å². The first-order valence-electron chi connectivity index (χ1n) is 8.95. The summed E-state index contributed by atoms with van der Waals surface area (Å²) in [7, 11) is 0. The van der Waals surface area contributed by atoms with E-state index in [1.807, 2.05) is 6.20 Å². The second-order valence-corrected chi connectivity index (χ2v) is 7.56. The van der Waals surface area contributed by atoms with Crippen LogP contribution < -0.4 is 4.90 Å². The molecule has 2 saturated heterocycles. The molecular weight excluding hydrogens is 300 g/mol. The highest BCUT2D eigenvalue weighted by molar-refractivity contribution is 5.79. The summed E-state index contributed by atoms with van der Waals surface area (Å²) in [6, 6.07) is 6.59. The van der Waals surface area contributed by atoms with E-state index in [1.165, 1.54) is 31.5 Å². The smallest absolute Gasteiger partial charge is 0.226 e. The summed E-state index contributed by atoms with van der Waals surface area (Å²) in [5.74, 6) is 0.808. The molecule has 5 heteroatoms. The van der Waals surface area contributed by atoms with Crippen LogP contribution in [0.3, 0.4) is 0 Å². The molecule has 128 valence electrons. The second kappa shape index (κ2) is 6.30. The van der Waals surface area contributed by atoms with Gasteiger partial charge in [0.15, 0.2) is 0 Å². The van der Waals surface area contributed by atoms with Crippen molar-refractivity contribution in [1.29, 1.82) is 0 Å². The predicted octanol–water partition coefficient (Wildman–Crippen LogP) is 2.84. The normalized spacial score (nSPS) is 21.5. The molecule has 0 aliphatic carbocycles. The van der Waals surface area contributed by atoms with E-state index >= 15 is 0 Å². The fourth-order valence-corrected chi connectivity index (χ4v) is 3.73. The van der Waals surface area contributed by atoms with Crippen molar-refractivity contribution in [3.05, 3.63) is 30.0 Å². The SMILES string of the molecule is CC1(C)COCCN1c1ncc2cc(CN3CCCC3)ccc2n1. The zero-order chi connectivity index (χ0) is 16.6. The van der Waals surface area contributed by atoms with Crippen molar-refractivity contribution in [3.63, 3.8) is 0 Å². The van der Waals surface area contributed by atoms with Crippen molar-refractivity contribution in [2.45, 2.75) is 38.8 Å². The number of morpholine rings is 1. The highest BCUT2D eigenvalue weighted by Gasteiger charge is 2.32. The lowest BCUT2D eigenvalue weighted by Gasteiger charge is -2.42. The summed E-state index contributed by atoms with van der Waals surface area (Å²) in [6.07, 6.45) is 4.63. The summed E-state index contributed by atoms with van der Waals surface area (Å²) in [5, 5.41) is 1.13. The Balaban J connectivity index is 1.59. The molecule has 0 amide bonds. The Morgan fingerprint density at radius 3 is 2.79 bits per heavy atom. The van der Waals surface area contributed by atoms with Gasteiger partial charge in [-0.25, -0.2) is 9.97 Å². The van der Waals surface area contributed by atoms with Crippen LogP contribution in [0.4, 0.5) is 5.95 Å². The van der Waals surface area contributed by atoms with Gasteiger partial charge in [0.05, 0.1) is 24.3 Å². The molecule has 0 radical (unpaired) electrons. The Labute approximate surface area is 143 Å². The molecule has 3 heterocycles. The molecule has 1 aromatic carbocycles. The summed E-state index contributed by atoms with van der Waals surface area (Å²) >= 11 is 0. The minimum Gasteiger partial charge on any atom is -0.377 e. The number of anilines is 1. The lowest BCUT2D eigenvalue weighted by atomic mass is 10.0. The fourth-order valence-electron chi connectivity index (χ4n) is 3.73. The third-order valence-corrected chi connectivity index (χ3v) is 5.12. The van der Waals surface area contributed by atoms with Crippen LogP contribution in [0.5, 0.6) is 0 Å². The quantitative estimate of drug-likeness (QED) is 0.867. The van der Waals surface area contributed by atoms with Crippen LogP contribution in [-0.2, 0) is 11.3 Å². The fraction of sp³-hybridized carbons (Fsp3) is 0.579. The number of benzene rings is 1. The number of nitrogens with zero attached hydrogens (tertiary/aromatic N) is 4. The summed E-state index contributed by atoms with van der Waals surface area (Å²) in [5.41, 5.74) is 2.31. The number of rotatable bonds is 3. The molecule has 2 aliphatic rings. The Morgan fingerprint density at radius 2 is 2.00 bits per heavy atom. The maximum atomic E-state index is 5.60. The number of ether oxygens (including phenoxy) is 1. The molecule has 0 bridgehead atoms. The Kier molecular flexibility index (Phi) is 4.14. The molecule has 24 heavy (non-hydrogen) atoms. The van der Waals surface area contributed by atoms with Crippen molar-refractivity contribution in [2.24, 2.45) is 0 Å². The van der Waals surface area contributed by atoms with Gasteiger partial charge in [0.1, 0.15) is 0 Å². The van der Waals surface area contributed by atoms with E-state index in [9.17, 15) is 0 Å². The van der Waals surface area contributed by atoms with Crippen molar-refractivity contribution in [1.82, 2.24) is 14.9 Å². The third kappa shape index (κ3) is 3.10. The average molecular weight is 326 g/mol. The molecule has 5 nitrogen and oxygen atoms in total. The number of hydrogen-bond donors (Lipinski definition) is 0. The van der Waals surface area contributed by atoms with E-state index < -0.39 is 0 Å². The van der Waals surface area contributed by atoms with Gasteiger partial charge in [-0.15, -0.1) is 0 Å². The number of aromatic nitrogens is 2. The molecule has 2 aromatic rings. The van der Waals surface area contributed by atoms with Gasteiger partial charge >= 0.3 is 0 Å². The topological polar surface area (TPSA) is 41.5 Å². The first kappa shape index (κ1) is 15.8. The van der Waals surface area contributed by atoms with Gasteiger partial charge in [-0.3, -0.25) is 4.90 Å². The lowest BCUT2D eigenvalue weighted by molar-refractivity contribution is 0.0634. The minimum absolute atomic E-state index is 0.0678. The molecule has 0 unspecified atom stereocenters. The van der Waals surface area contributed by atoms with Gasteiger partial charge in [0, 0.05) is 24.7 Å². The molecule has 0 spiro atoms. The summed E-state index contributed by atoms with van der Waals surface area (Å²) in [4.78, 5) is 14.2. The second-order valence-electron chi connectivity index (χ2n) is 7.56. The van der Waals surface area contributed by atoms with Crippen molar-refractivity contribution < 1.29 is 4.74 Å². The Bertz CT molecular complexity index is 724. The number of fused-ring (bicyclic) bond motifs is 1. The predicted molar refractivity (Wildman–Crippen MR) is 96.3 cm³/mol. The monoisotopic (exact) mass is 326 g/mol. The van der Waals surface area contributed by atoms with Gasteiger partial charge in [0.2, 0.25) is 5.95 Å². The van der Waals surface area contributed by atoms with Crippen LogP contribution in [0, 0.1) is 0 Å². The highest BCUT2D eigenvalue weighted by Crippen LogP contribution is 2.26. The first-order chi connectivity index (χ1) is 11.6. The maximum absolute atomic E-state index is 5.60. The summed E-state index contributed by atoms with van der Waals surface area (Å²) < 4.78 is 5.60. The van der Waals surface area contributed by atoms with Crippen LogP contribution >= 0.6 is 0 Å². The van der Waals surface area contributed by atoms with Crippen LogP contribution in [0.2, 0.25) is 0 Å². The van der Waals surface area contributed by atoms with E-state index in [-0.39, 0.29) is 5.54 Å². The van der Waals surface area contributed by atoms with Crippen LogP contribution in [0.25, 0.3) is 10.9 Å². The third-order valence-electron chi connectivity index (χ3n) is 5.12. The van der Waals surface area contributed by atoms with Crippen LogP contribution in [0.15, 0.2) is 24.4 Å². The van der Waals surface area contributed by atoms with Gasteiger partial charge in [-0.05, 0) is 57.5 Å². The van der Waals surface area contributed by atoms with Crippen LogP contribution in [0.1, 0.15) is 32.3 Å². The van der Waals surface area contributed by atoms with E-state index in [2.05, 4.69) is 46.8 Å². The van der Waals surface area contributed by atoms with E-state index in [1.54, 1.807) is 0 Å². The van der Waals surface area contributed by atoms with E-state index in [4.69, 9.17) is 9.72 Å². The van der Waals surface area contributed by atoms with Gasteiger partial charge in [-0.1, -0.05) is 6.07 Å². The number of hydrogen-bond acceptors (Lipinski definition) is 5. The number of likely N-dealkylation sites (tertiary alicyclic amines) is 1. The molecule has 0 saturated carbocycles. The highest BCUT2D eigenvalue weighted by atomic mass is 16.5. The minimum atomic E-state index is -0.0678.